The number of ether oxygens (including phenoxy) is 2. The Bertz CT molecular complexity index is 815. The fourth-order valence-electron chi connectivity index (χ4n) is 7.34. The molecule has 0 heterocycles. The van der Waals surface area contributed by atoms with Crippen LogP contribution in [0, 0.1) is 5.92 Å². The highest BCUT2D eigenvalue weighted by Gasteiger charge is 2.35. The molecule has 0 spiro atoms. The highest BCUT2D eigenvalue weighted by molar-refractivity contribution is 5.22. The van der Waals surface area contributed by atoms with Crippen LogP contribution < -0.4 is 9.47 Å². The molecule has 3 aliphatic rings. The molecule has 0 amide bonds. The summed E-state index contributed by atoms with van der Waals surface area (Å²) >= 11 is 0. The summed E-state index contributed by atoms with van der Waals surface area (Å²) in [6.45, 7) is 1.32. The van der Waals surface area contributed by atoms with Crippen LogP contribution in [0.1, 0.15) is 109 Å². The van der Waals surface area contributed by atoms with Crippen molar-refractivity contribution in [1.82, 2.24) is 4.90 Å². The Morgan fingerprint density at radius 3 is 1.29 bits per heavy atom. The Labute approximate surface area is 232 Å². The third-order valence-corrected chi connectivity index (χ3v) is 9.51. The molecule has 3 heteroatoms. The smallest absolute Gasteiger partial charge is 0.119 e. The van der Waals surface area contributed by atoms with Crippen molar-refractivity contribution in [2.24, 2.45) is 5.92 Å². The Morgan fingerprint density at radius 2 is 0.868 bits per heavy atom. The van der Waals surface area contributed by atoms with Crippen LogP contribution >= 0.6 is 0 Å². The third kappa shape index (κ3) is 8.50. The summed E-state index contributed by atoms with van der Waals surface area (Å²) in [4.78, 5) is 3.02. The minimum absolute atomic E-state index is 0.374. The second-order valence-electron chi connectivity index (χ2n) is 12.3. The maximum atomic E-state index is 6.37. The van der Waals surface area contributed by atoms with Crippen LogP contribution in [0.3, 0.4) is 0 Å². The van der Waals surface area contributed by atoms with Crippen LogP contribution in [-0.4, -0.2) is 35.7 Å². The summed E-state index contributed by atoms with van der Waals surface area (Å²) in [5.74, 6) is 2.95. The number of nitrogens with zero attached hydrogens (tertiary/aromatic N) is 1. The van der Waals surface area contributed by atoms with Gasteiger partial charge in [-0.2, -0.15) is 0 Å². The fourth-order valence-corrected chi connectivity index (χ4v) is 7.34. The first-order chi connectivity index (χ1) is 18.8. The van der Waals surface area contributed by atoms with E-state index in [0.717, 1.165) is 29.5 Å². The predicted octanol–water partition coefficient (Wildman–Crippen LogP) is 9.21. The molecule has 0 atom stereocenters. The lowest BCUT2D eigenvalue weighted by Gasteiger charge is -2.45. The zero-order chi connectivity index (χ0) is 25.8. The summed E-state index contributed by atoms with van der Waals surface area (Å²) in [7, 11) is 0. The molecule has 0 bridgehead atoms. The van der Waals surface area contributed by atoms with Crippen LogP contribution in [0.5, 0.6) is 11.5 Å². The van der Waals surface area contributed by atoms with E-state index in [-0.39, 0.29) is 0 Å². The van der Waals surface area contributed by atoms with E-state index < -0.39 is 0 Å². The van der Waals surface area contributed by atoms with Crippen LogP contribution in [0.2, 0.25) is 0 Å². The zero-order valence-corrected chi connectivity index (χ0v) is 23.7. The Balaban J connectivity index is 1.19. The van der Waals surface area contributed by atoms with Gasteiger partial charge in [0.1, 0.15) is 11.5 Å². The van der Waals surface area contributed by atoms with Gasteiger partial charge in [0.05, 0.1) is 12.2 Å². The Kier molecular flexibility index (Phi) is 10.9. The van der Waals surface area contributed by atoms with Crippen molar-refractivity contribution in [3.05, 3.63) is 60.7 Å². The molecule has 5 rings (SSSR count). The molecule has 0 radical (unpaired) electrons. The van der Waals surface area contributed by atoms with Crippen LogP contribution in [0.4, 0.5) is 0 Å². The second-order valence-corrected chi connectivity index (χ2v) is 12.3. The van der Waals surface area contributed by atoms with Crippen molar-refractivity contribution in [3.8, 4) is 11.5 Å². The summed E-state index contributed by atoms with van der Waals surface area (Å²) in [6.07, 6.45) is 23.6. The summed E-state index contributed by atoms with van der Waals surface area (Å²) < 4.78 is 12.7. The molecule has 208 valence electrons. The van der Waals surface area contributed by atoms with Gasteiger partial charge in [-0.1, -0.05) is 81.3 Å². The second kappa shape index (κ2) is 15.0. The van der Waals surface area contributed by atoms with Gasteiger partial charge >= 0.3 is 0 Å². The average molecular weight is 518 g/mol. The van der Waals surface area contributed by atoms with E-state index in [9.17, 15) is 0 Å². The van der Waals surface area contributed by atoms with Gasteiger partial charge in [-0.25, -0.2) is 0 Å². The summed E-state index contributed by atoms with van der Waals surface area (Å²) in [6, 6.07) is 22.3. The Morgan fingerprint density at radius 1 is 0.474 bits per heavy atom. The SMILES string of the molecule is c1ccc(OC2CCC(N(CC3CCCCCCCCC3)C3CCC(Oc4ccccc4)CC3)CC2)cc1. The van der Waals surface area contributed by atoms with Crippen LogP contribution in [0.25, 0.3) is 0 Å². The first-order valence-corrected chi connectivity index (χ1v) is 16.0. The largest absolute Gasteiger partial charge is 0.490 e. The first-order valence-electron chi connectivity index (χ1n) is 16.0. The predicted molar refractivity (Wildman–Crippen MR) is 158 cm³/mol. The average Bonchev–Trinajstić information content (AvgIpc) is 2.97. The highest BCUT2D eigenvalue weighted by atomic mass is 16.5. The maximum absolute atomic E-state index is 6.37. The summed E-state index contributed by atoms with van der Waals surface area (Å²) in [5, 5.41) is 0. The van der Waals surface area contributed by atoms with E-state index in [2.05, 4.69) is 65.6 Å². The fraction of sp³-hybridized carbons (Fsp3) is 0.657. The van der Waals surface area contributed by atoms with E-state index >= 15 is 0 Å². The minimum Gasteiger partial charge on any atom is -0.490 e. The van der Waals surface area contributed by atoms with E-state index in [1.807, 2.05) is 0 Å². The summed E-state index contributed by atoms with van der Waals surface area (Å²) in [5.41, 5.74) is 0. The molecule has 0 saturated heterocycles. The zero-order valence-electron chi connectivity index (χ0n) is 23.7. The number of benzene rings is 2. The quantitative estimate of drug-likeness (QED) is 0.348. The van der Waals surface area contributed by atoms with Crippen molar-refractivity contribution in [2.75, 3.05) is 6.54 Å². The molecule has 3 aliphatic carbocycles. The molecular formula is C35H51NO2. The molecule has 0 N–H and O–H groups in total. The van der Waals surface area contributed by atoms with Gasteiger partial charge in [0.25, 0.3) is 0 Å². The number of rotatable bonds is 8. The monoisotopic (exact) mass is 517 g/mol. The number of hydrogen-bond acceptors (Lipinski definition) is 3. The molecule has 3 fully saturated rings. The maximum Gasteiger partial charge on any atom is 0.119 e. The van der Waals surface area contributed by atoms with E-state index in [1.54, 1.807) is 0 Å². The van der Waals surface area contributed by atoms with Gasteiger partial charge in [0, 0.05) is 18.6 Å². The molecule has 0 aliphatic heterocycles. The molecule has 2 aromatic carbocycles. The molecule has 2 aromatic rings. The van der Waals surface area contributed by atoms with E-state index in [1.165, 1.54) is 116 Å². The van der Waals surface area contributed by atoms with Gasteiger partial charge in [0.2, 0.25) is 0 Å². The van der Waals surface area contributed by atoms with Gasteiger partial charge < -0.3 is 9.47 Å². The van der Waals surface area contributed by atoms with E-state index in [4.69, 9.17) is 9.47 Å². The van der Waals surface area contributed by atoms with Crippen molar-refractivity contribution in [2.45, 2.75) is 133 Å². The normalized spacial score (nSPS) is 28.0. The topological polar surface area (TPSA) is 21.7 Å². The third-order valence-electron chi connectivity index (χ3n) is 9.51. The molecule has 3 nitrogen and oxygen atoms in total. The van der Waals surface area contributed by atoms with Gasteiger partial charge in [-0.15, -0.1) is 0 Å². The van der Waals surface area contributed by atoms with Crippen molar-refractivity contribution in [3.63, 3.8) is 0 Å². The lowest BCUT2D eigenvalue weighted by Crippen LogP contribution is -2.50. The van der Waals surface area contributed by atoms with Gasteiger partial charge in [-0.05, 0) is 94.4 Å². The highest BCUT2D eigenvalue weighted by Crippen LogP contribution is 2.35. The number of para-hydroxylation sites is 2. The van der Waals surface area contributed by atoms with Crippen molar-refractivity contribution >= 4 is 0 Å². The molecule has 0 unspecified atom stereocenters. The van der Waals surface area contributed by atoms with Gasteiger partial charge in [-0.3, -0.25) is 4.90 Å². The molecule has 38 heavy (non-hydrogen) atoms. The Hall–Kier alpha value is -2.00. The van der Waals surface area contributed by atoms with Gasteiger partial charge in [0.15, 0.2) is 0 Å². The molecule has 3 saturated carbocycles. The molecule has 0 aromatic heterocycles. The van der Waals surface area contributed by atoms with Crippen LogP contribution in [0.15, 0.2) is 60.7 Å². The minimum atomic E-state index is 0.374. The standard InChI is InChI=1S/C35H51NO2/c1-2-4-8-14-29(15-9-5-3-1)28-36(30-20-24-34(25-21-30)37-32-16-10-6-11-17-32)31-22-26-35(27-23-31)38-33-18-12-7-13-19-33/h6-7,10-13,16-19,29-31,34-35H,1-5,8-9,14-15,20-28H2. The lowest BCUT2D eigenvalue weighted by atomic mass is 9.84. The number of hydrogen-bond donors (Lipinski definition) is 0. The van der Waals surface area contributed by atoms with Crippen molar-refractivity contribution in [1.29, 1.82) is 0 Å². The van der Waals surface area contributed by atoms with Crippen LogP contribution in [-0.2, 0) is 0 Å². The lowest BCUT2D eigenvalue weighted by molar-refractivity contribution is 0.0188. The van der Waals surface area contributed by atoms with E-state index in [0.29, 0.717) is 12.2 Å². The molecular weight excluding hydrogens is 466 g/mol. The first kappa shape index (κ1) is 27.6. The van der Waals surface area contributed by atoms with Crippen molar-refractivity contribution < 1.29 is 9.47 Å².